The third-order valence-electron chi connectivity index (χ3n) is 4.92. The van der Waals surface area contributed by atoms with Crippen molar-refractivity contribution in [2.45, 2.75) is 12.8 Å². The molecule has 1 fully saturated rings. The maximum absolute atomic E-state index is 12.1. The molecule has 3 aromatic rings. The van der Waals surface area contributed by atoms with E-state index in [-0.39, 0.29) is 11.0 Å². The van der Waals surface area contributed by atoms with Crippen molar-refractivity contribution < 1.29 is 9.21 Å². The summed E-state index contributed by atoms with van der Waals surface area (Å²) in [5.41, 5.74) is 3.04. The van der Waals surface area contributed by atoms with Gasteiger partial charge in [-0.05, 0) is 67.5 Å². The molecule has 1 aromatic heterocycles. The van der Waals surface area contributed by atoms with Crippen LogP contribution in [0.4, 0.5) is 11.4 Å². The van der Waals surface area contributed by atoms with Gasteiger partial charge in [0.1, 0.15) is 11.5 Å². The highest BCUT2D eigenvalue weighted by atomic mass is 32.1. The Morgan fingerprint density at radius 2 is 1.70 bits per heavy atom. The molecule has 4 rings (SSSR count). The van der Waals surface area contributed by atoms with Gasteiger partial charge < -0.3 is 14.6 Å². The van der Waals surface area contributed by atoms with Gasteiger partial charge >= 0.3 is 0 Å². The zero-order valence-electron chi connectivity index (χ0n) is 16.5. The Morgan fingerprint density at radius 1 is 0.967 bits per heavy atom. The Labute approximate surface area is 181 Å². The normalized spacial score (nSPS) is 13.5. The van der Waals surface area contributed by atoms with Gasteiger partial charge in [-0.1, -0.05) is 30.3 Å². The SMILES string of the molecule is O=C(/C=C/c1ccc(-c2ccccc2)o1)NC(=S)Nc1ccc(N2CCCC2)cc1. The van der Waals surface area contributed by atoms with Gasteiger partial charge in [-0.2, -0.15) is 0 Å². The maximum atomic E-state index is 12.1. The van der Waals surface area contributed by atoms with Gasteiger partial charge in [-0.15, -0.1) is 0 Å². The second kappa shape index (κ2) is 9.41. The van der Waals surface area contributed by atoms with Crippen LogP contribution in [0.3, 0.4) is 0 Å². The van der Waals surface area contributed by atoms with Crippen molar-refractivity contribution in [3.05, 3.63) is 78.6 Å². The van der Waals surface area contributed by atoms with Crippen LogP contribution in [0.15, 0.2) is 77.2 Å². The first kappa shape index (κ1) is 19.9. The number of rotatable bonds is 5. The summed E-state index contributed by atoms with van der Waals surface area (Å²) in [6.45, 7) is 2.21. The molecule has 1 saturated heterocycles. The first-order valence-corrected chi connectivity index (χ1v) is 10.4. The van der Waals surface area contributed by atoms with E-state index in [0.717, 1.165) is 30.1 Å². The Bertz CT molecular complexity index is 1040. The van der Waals surface area contributed by atoms with Crippen LogP contribution in [-0.4, -0.2) is 24.1 Å². The van der Waals surface area contributed by atoms with Crippen molar-refractivity contribution in [1.82, 2.24) is 5.32 Å². The molecule has 0 bridgehead atoms. The Balaban J connectivity index is 1.28. The van der Waals surface area contributed by atoms with Crippen molar-refractivity contribution in [2.24, 2.45) is 0 Å². The van der Waals surface area contributed by atoms with Crippen molar-refractivity contribution in [3.8, 4) is 11.3 Å². The molecule has 0 atom stereocenters. The zero-order chi connectivity index (χ0) is 20.8. The molecule has 5 nitrogen and oxygen atoms in total. The van der Waals surface area contributed by atoms with E-state index in [1.807, 2.05) is 54.6 Å². The summed E-state index contributed by atoms with van der Waals surface area (Å²) >= 11 is 5.24. The van der Waals surface area contributed by atoms with Crippen LogP contribution in [0.25, 0.3) is 17.4 Å². The van der Waals surface area contributed by atoms with E-state index < -0.39 is 0 Å². The highest BCUT2D eigenvalue weighted by Crippen LogP contribution is 2.23. The second-order valence-corrected chi connectivity index (χ2v) is 7.49. The number of furan rings is 1. The molecule has 0 radical (unpaired) electrons. The molecule has 2 aromatic carbocycles. The third-order valence-corrected chi connectivity index (χ3v) is 5.12. The summed E-state index contributed by atoms with van der Waals surface area (Å²) < 4.78 is 5.75. The number of thiocarbonyl (C=S) groups is 1. The largest absolute Gasteiger partial charge is 0.457 e. The van der Waals surface area contributed by atoms with Gasteiger partial charge in [-0.3, -0.25) is 10.1 Å². The standard InChI is InChI=1S/C24H23N3O2S/c28-23(15-13-21-12-14-22(29-21)18-6-2-1-3-7-18)26-24(30)25-19-8-10-20(11-9-19)27-16-4-5-17-27/h1-3,6-15H,4-5,16-17H2,(H2,25,26,28,30)/b15-13+. The number of hydrogen-bond acceptors (Lipinski definition) is 4. The molecular formula is C24H23N3O2S. The Hall–Kier alpha value is -3.38. The molecule has 0 saturated carbocycles. The number of amides is 1. The predicted octanol–water partition coefficient (Wildman–Crippen LogP) is 5.07. The molecule has 2 N–H and O–H groups in total. The molecule has 1 aliphatic heterocycles. The smallest absolute Gasteiger partial charge is 0.250 e. The van der Waals surface area contributed by atoms with Gasteiger partial charge in [0.2, 0.25) is 5.91 Å². The van der Waals surface area contributed by atoms with Gasteiger partial charge in [-0.25, -0.2) is 0 Å². The van der Waals surface area contributed by atoms with Crippen LogP contribution in [0.5, 0.6) is 0 Å². The Kier molecular flexibility index (Phi) is 6.25. The Morgan fingerprint density at radius 3 is 2.43 bits per heavy atom. The molecule has 6 heteroatoms. The molecule has 152 valence electrons. The lowest BCUT2D eigenvalue weighted by Crippen LogP contribution is -2.32. The molecule has 2 heterocycles. The quantitative estimate of drug-likeness (QED) is 0.448. The highest BCUT2D eigenvalue weighted by molar-refractivity contribution is 7.80. The average Bonchev–Trinajstić information content (AvgIpc) is 3.46. The first-order valence-electron chi connectivity index (χ1n) is 9.98. The summed E-state index contributed by atoms with van der Waals surface area (Å²) in [5, 5.41) is 5.94. The number of benzene rings is 2. The van der Waals surface area contributed by atoms with Crippen LogP contribution in [0, 0.1) is 0 Å². The molecule has 1 aliphatic rings. The lowest BCUT2D eigenvalue weighted by molar-refractivity contribution is -0.115. The number of carbonyl (C=O) groups is 1. The van der Waals surface area contributed by atoms with Gasteiger partial charge in [0.15, 0.2) is 5.11 Å². The van der Waals surface area contributed by atoms with Crippen molar-refractivity contribution in [2.75, 3.05) is 23.3 Å². The van der Waals surface area contributed by atoms with Crippen LogP contribution < -0.4 is 15.5 Å². The van der Waals surface area contributed by atoms with Crippen molar-refractivity contribution >= 4 is 40.7 Å². The highest BCUT2D eigenvalue weighted by Gasteiger charge is 2.12. The average molecular weight is 418 g/mol. The third kappa shape index (κ3) is 5.15. The molecule has 1 amide bonds. The summed E-state index contributed by atoms with van der Waals surface area (Å²) in [5.74, 6) is 1.03. The molecule has 30 heavy (non-hydrogen) atoms. The topological polar surface area (TPSA) is 57.5 Å². The molecule has 0 spiro atoms. The summed E-state index contributed by atoms with van der Waals surface area (Å²) in [6, 6.07) is 21.6. The maximum Gasteiger partial charge on any atom is 0.250 e. The van der Waals surface area contributed by atoms with Crippen LogP contribution in [0.1, 0.15) is 18.6 Å². The van der Waals surface area contributed by atoms with E-state index >= 15 is 0 Å². The first-order chi connectivity index (χ1) is 14.7. The van der Waals surface area contributed by atoms with Crippen molar-refractivity contribution in [3.63, 3.8) is 0 Å². The van der Waals surface area contributed by atoms with Gasteiger partial charge in [0.25, 0.3) is 0 Å². The second-order valence-electron chi connectivity index (χ2n) is 7.09. The van der Waals surface area contributed by atoms with Crippen LogP contribution >= 0.6 is 12.2 Å². The zero-order valence-corrected chi connectivity index (χ0v) is 17.3. The lowest BCUT2D eigenvalue weighted by Gasteiger charge is -2.18. The van der Waals surface area contributed by atoms with E-state index in [1.54, 1.807) is 6.08 Å². The molecule has 0 unspecified atom stereocenters. The van der Waals surface area contributed by atoms with E-state index in [0.29, 0.717) is 5.76 Å². The van der Waals surface area contributed by atoms with E-state index in [4.69, 9.17) is 16.6 Å². The van der Waals surface area contributed by atoms with E-state index in [2.05, 4.69) is 27.7 Å². The minimum absolute atomic E-state index is 0.253. The van der Waals surface area contributed by atoms with Crippen LogP contribution in [0.2, 0.25) is 0 Å². The van der Waals surface area contributed by atoms with Crippen molar-refractivity contribution in [1.29, 1.82) is 0 Å². The minimum Gasteiger partial charge on any atom is -0.457 e. The number of nitrogens with zero attached hydrogens (tertiary/aromatic N) is 1. The van der Waals surface area contributed by atoms with Crippen LogP contribution in [-0.2, 0) is 4.79 Å². The monoisotopic (exact) mass is 417 g/mol. The predicted molar refractivity (Wildman–Crippen MR) is 125 cm³/mol. The summed E-state index contributed by atoms with van der Waals surface area (Å²) in [6.07, 6.45) is 5.51. The number of carbonyl (C=O) groups excluding carboxylic acids is 1. The fourth-order valence-electron chi connectivity index (χ4n) is 3.40. The fourth-order valence-corrected chi connectivity index (χ4v) is 3.62. The summed E-state index contributed by atoms with van der Waals surface area (Å²) in [4.78, 5) is 14.5. The van der Waals surface area contributed by atoms with E-state index in [9.17, 15) is 4.79 Å². The van der Waals surface area contributed by atoms with Gasteiger partial charge in [0, 0.05) is 36.1 Å². The van der Waals surface area contributed by atoms with Gasteiger partial charge in [0.05, 0.1) is 0 Å². The number of nitrogens with one attached hydrogen (secondary N) is 2. The molecular weight excluding hydrogens is 394 g/mol. The number of hydrogen-bond donors (Lipinski definition) is 2. The summed E-state index contributed by atoms with van der Waals surface area (Å²) in [7, 11) is 0. The fraction of sp³-hybridized carbons (Fsp3) is 0.167. The lowest BCUT2D eigenvalue weighted by atomic mass is 10.2. The van der Waals surface area contributed by atoms with E-state index in [1.165, 1.54) is 24.6 Å². The molecule has 0 aliphatic carbocycles. The minimum atomic E-state index is -0.321. The number of anilines is 2.